The van der Waals surface area contributed by atoms with Crippen LogP contribution < -0.4 is 0 Å². The van der Waals surface area contributed by atoms with Crippen molar-refractivity contribution < 1.29 is 14.7 Å². The van der Waals surface area contributed by atoms with Crippen LogP contribution in [-0.2, 0) is 4.79 Å². The van der Waals surface area contributed by atoms with Crippen molar-refractivity contribution in [3.63, 3.8) is 0 Å². The van der Waals surface area contributed by atoms with Crippen LogP contribution in [0.25, 0.3) is 10.9 Å². The number of piperidine rings is 1. The lowest BCUT2D eigenvalue weighted by atomic mass is 10.0. The zero-order valence-electron chi connectivity index (χ0n) is 11.3. The quantitative estimate of drug-likeness (QED) is 0.896. The summed E-state index contributed by atoms with van der Waals surface area (Å²) in [6.07, 6.45) is 2.12. The van der Waals surface area contributed by atoms with Crippen molar-refractivity contribution in [3.05, 3.63) is 35.0 Å². The van der Waals surface area contributed by atoms with Crippen LogP contribution in [0.2, 0.25) is 5.02 Å². The fraction of sp³-hybridized carbons (Fsp3) is 0.333. The van der Waals surface area contributed by atoms with Crippen LogP contribution in [0.1, 0.15) is 29.8 Å². The molecule has 21 heavy (non-hydrogen) atoms. The lowest BCUT2D eigenvalue weighted by Crippen LogP contribution is -2.48. The van der Waals surface area contributed by atoms with Crippen LogP contribution >= 0.6 is 11.6 Å². The summed E-state index contributed by atoms with van der Waals surface area (Å²) in [5.74, 6) is -1.31. The van der Waals surface area contributed by atoms with E-state index in [0.717, 1.165) is 23.7 Å². The molecule has 1 aliphatic heterocycles. The molecule has 1 atom stereocenters. The topological polar surface area (TPSA) is 73.4 Å². The number of carboxylic acid groups (broad SMARTS) is 1. The number of H-pyrrole nitrogens is 1. The largest absolute Gasteiger partial charge is 0.480 e. The number of aromatic nitrogens is 1. The first-order valence-corrected chi connectivity index (χ1v) is 7.27. The predicted octanol–water partition coefficient (Wildman–Crippen LogP) is 2.90. The number of carboxylic acids is 1. The summed E-state index contributed by atoms with van der Waals surface area (Å²) < 4.78 is 0. The minimum atomic E-state index is -0.963. The second-order valence-corrected chi connectivity index (χ2v) is 5.59. The van der Waals surface area contributed by atoms with Gasteiger partial charge in [0.05, 0.1) is 5.02 Å². The lowest BCUT2D eigenvalue weighted by Gasteiger charge is -2.32. The van der Waals surface area contributed by atoms with Gasteiger partial charge >= 0.3 is 5.97 Å². The number of hydrogen-bond donors (Lipinski definition) is 2. The summed E-state index contributed by atoms with van der Waals surface area (Å²) in [5, 5.41) is 10.4. The number of carbonyl (C=O) groups is 2. The van der Waals surface area contributed by atoms with Crippen LogP contribution in [0.15, 0.2) is 24.3 Å². The van der Waals surface area contributed by atoms with Gasteiger partial charge in [0.15, 0.2) is 0 Å². The number of fused-ring (bicyclic) bond motifs is 1. The molecule has 2 heterocycles. The molecular weight excluding hydrogens is 292 g/mol. The number of hydrogen-bond acceptors (Lipinski definition) is 2. The van der Waals surface area contributed by atoms with Gasteiger partial charge in [0, 0.05) is 17.4 Å². The smallest absolute Gasteiger partial charge is 0.326 e. The number of aromatic amines is 1. The number of likely N-dealkylation sites (tertiary alicyclic amines) is 1. The Hall–Kier alpha value is -2.01. The second-order valence-electron chi connectivity index (χ2n) is 5.21. The Kier molecular flexibility index (Phi) is 3.59. The molecule has 2 aromatic rings. The molecule has 0 aliphatic carbocycles. The predicted molar refractivity (Wildman–Crippen MR) is 79.6 cm³/mol. The number of halogens is 1. The van der Waals surface area contributed by atoms with Crippen molar-refractivity contribution in [3.8, 4) is 0 Å². The van der Waals surface area contributed by atoms with Gasteiger partial charge in [-0.05, 0) is 25.3 Å². The van der Waals surface area contributed by atoms with Crippen LogP contribution in [0, 0.1) is 0 Å². The van der Waals surface area contributed by atoms with Crippen LogP contribution in [0.3, 0.4) is 0 Å². The first kappa shape index (κ1) is 13.9. The van der Waals surface area contributed by atoms with Crippen molar-refractivity contribution in [1.29, 1.82) is 0 Å². The number of nitrogens with one attached hydrogen (secondary N) is 1. The third-order valence-electron chi connectivity index (χ3n) is 3.91. The molecule has 0 radical (unpaired) electrons. The van der Waals surface area contributed by atoms with Gasteiger partial charge in [-0.2, -0.15) is 0 Å². The number of benzene rings is 1. The zero-order chi connectivity index (χ0) is 15.0. The highest BCUT2D eigenvalue weighted by Gasteiger charge is 2.34. The van der Waals surface area contributed by atoms with E-state index < -0.39 is 12.0 Å². The Labute approximate surface area is 126 Å². The molecule has 3 rings (SSSR count). The van der Waals surface area contributed by atoms with Gasteiger partial charge in [0.25, 0.3) is 5.91 Å². The highest BCUT2D eigenvalue weighted by molar-refractivity contribution is 6.38. The molecule has 2 N–H and O–H groups in total. The molecule has 1 aliphatic rings. The molecule has 5 nitrogen and oxygen atoms in total. The van der Waals surface area contributed by atoms with E-state index in [2.05, 4.69) is 4.98 Å². The number of rotatable bonds is 2. The number of nitrogens with zero attached hydrogens (tertiary/aromatic N) is 1. The number of para-hydroxylation sites is 1. The van der Waals surface area contributed by atoms with Gasteiger partial charge in [-0.1, -0.05) is 29.8 Å². The minimum absolute atomic E-state index is 0.269. The van der Waals surface area contributed by atoms with Gasteiger partial charge < -0.3 is 15.0 Å². The Morgan fingerprint density at radius 2 is 2.05 bits per heavy atom. The van der Waals surface area contributed by atoms with Crippen molar-refractivity contribution in [2.75, 3.05) is 6.54 Å². The van der Waals surface area contributed by atoms with E-state index >= 15 is 0 Å². The van der Waals surface area contributed by atoms with Gasteiger partial charge in [-0.25, -0.2) is 4.79 Å². The molecule has 0 unspecified atom stereocenters. The summed E-state index contributed by atoms with van der Waals surface area (Å²) in [4.78, 5) is 28.4. The van der Waals surface area contributed by atoms with Crippen molar-refractivity contribution >= 4 is 34.4 Å². The third-order valence-corrected chi connectivity index (χ3v) is 4.30. The molecule has 1 amide bonds. The van der Waals surface area contributed by atoms with E-state index in [0.29, 0.717) is 18.0 Å². The molecule has 1 saturated heterocycles. The van der Waals surface area contributed by atoms with Crippen LogP contribution in [0.5, 0.6) is 0 Å². The molecule has 0 saturated carbocycles. The van der Waals surface area contributed by atoms with E-state index in [1.165, 1.54) is 4.90 Å². The Morgan fingerprint density at radius 3 is 2.76 bits per heavy atom. The Bertz CT molecular complexity index is 710. The average Bonchev–Trinajstić information content (AvgIpc) is 2.84. The monoisotopic (exact) mass is 306 g/mol. The summed E-state index contributed by atoms with van der Waals surface area (Å²) in [6, 6.07) is 6.59. The fourth-order valence-corrected chi connectivity index (χ4v) is 3.12. The van der Waals surface area contributed by atoms with Gasteiger partial charge in [-0.3, -0.25) is 4.79 Å². The highest BCUT2D eigenvalue weighted by Crippen LogP contribution is 2.29. The Morgan fingerprint density at radius 1 is 1.29 bits per heavy atom. The molecule has 1 aromatic carbocycles. The van der Waals surface area contributed by atoms with Crippen molar-refractivity contribution in [1.82, 2.24) is 9.88 Å². The maximum Gasteiger partial charge on any atom is 0.326 e. The lowest BCUT2D eigenvalue weighted by molar-refractivity contribution is -0.143. The first-order valence-electron chi connectivity index (χ1n) is 6.89. The summed E-state index contributed by atoms with van der Waals surface area (Å²) in [7, 11) is 0. The molecule has 110 valence electrons. The highest BCUT2D eigenvalue weighted by atomic mass is 35.5. The van der Waals surface area contributed by atoms with E-state index in [-0.39, 0.29) is 11.6 Å². The molecule has 1 fully saturated rings. The van der Waals surface area contributed by atoms with Gasteiger partial charge in [-0.15, -0.1) is 0 Å². The van der Waals surface area contributed by atoms with Crippen molar-refractivity contribution in [2.45, 2.75) is 25.3 Å². The first-order chi connectivity index (χ1) is 10.1. The van der Waals surface area contributed by atoms with Gasteiger partial charge in [0.1, 0.15) is 11.7 Å². The normalized spacial score (nSPS) is 18.9. The molecule has 1 aromatic heterocycles. The zero-order valence-corrected chi connectivity index (χ0v) is 12.1. The summed E-state index contributed by atoms with van der Waals surface area (Å²) in [5.41, 5.74) is 1.04. The van der Waals surface area contributed by atoms with Crippen molar-refractivity contribution in [2.24, 2.45) is 0 Å². The summed E-state index contributed by atoms with van der Waals surface area (Å²) in [6.45, 7) is 0.446. The molecule has 6 heteroatoms. The minimum Gasteiger partial charge on any atom is -0.480 e. The maximum absolute atomic E-state index is 12.7. The molecule has 0 spiro atoms. The van der Waals surface area contributed by atoms with Crippen LogP contribution in [0.4, 0.5) is 0 Å². The second kappa shape index (κ2) is 5.41. The van der Waals surface area contributed by atoms with Gasteiger partial charge in [0.2, 0.25) is 0 Å². The number of carbonyl (C=O) groups excluding carboxylic acids is 1. The third kappa shape index (κ3) is 2.38. The fourth-order valence-electron chi connectivity index (χ4n) is 2.83. The molecular formula is C15H15ClN2O3. The standard InChI is InChI=1S/C15H15ClN2O3/c16-12-9-5-1-2-6-10(9)17-13(12)14(19)18-8-4-3-7-11(18)15(20)21/h1-2,5-6,11,17H,3-4,7-8H2,(H,20,21)/t11-/m1/s1. The molecule has 0 bridgehead atoms. The van der Waals surface area contributed by atoms with E-state index in [1.54, 1.807) is 0 Å². The van der Waals surface area contributed by atoms with E-state index in [9.17, 15) is 14.7 Å². The number of amides is 1. The maximum atomic E-state index is 12.7. The van der Waals surface area contributed by atoms with E-state index in [4.69, 9.17) is 11.6 Å². The number of aliphatic carboxylic acids is 1. The summed E-state index contributed by atoms with van der Waals surface area (Å²) >= 11 is 6.27. The average molecular weight is 307 g/mol. The Balaban J connectivity index is 1.99. The van der Waals surface area contributed by atoms with E-state index in [1.807, 2.05) is 24.3 Å². The SMILES string of the molecule is O=C(O)[C@H]1CCCCN1C(=O)c1[nH]c2ccccc2c1Cl. The van der Waals surface area contributed by atoms with Crippen LogP contribution in [-0.4, -0.2) is 39.5 Å².